The molecule has 0 spiro atoms. The van der Waals surface area contributed by atoms with Gasteiger partial charge in [0.05, 0.1) is 29.4 Å². The number of aromatic amines is 1. The molecule has 3 rings (SSSR count). The number of fused-ring (bicyclic) bond motifs is 1. The van der Waals surface area contributed by atoms with Crippen molar-refractivity contribution in [2.75, 3.05) is 7.11 Å². The second kappa shape index (κ2) is 10.3. The Morgan fingerprint density at radius 3 is 2.32 bits per heavy atom. The average Bonchev–Trinajstić information content (AvgIpc) is 3.07. The third-order valence-corrected chi connectivity index (χ3v) is 4.93. The standard InChI is InChI=1S/C19H23N3O.C5H12/c1-6-13-9-16-17(12(4)10-20-16)22-18(13)14-7-8-15(11(2)3)21-19(14)23-5;1-3-5-4-2/h7-11,20H,6H2,1-5H3;3-5H2,1-2H3. The summed E-state index contributed by atoms with van der Waals surface area (Å²) in [4.78, 5) is 12.9. The van der Waals surface area contributed by atoms with Crippen molar-refractivity contribution in [3.63, 3.8) is 0 Å². The van der Waals surface area contributed by atoms with Crippen molar-refractivity contribution >= 4 is 11.0 Å². The van der Waals surface area contributed by atoms with Gasteiger partial charge < -0.3 is 9.72 Å². The highest BCUT2D eigenvalue weighted by atomic mass is 16.5. The molecule has 0 saturated carbocycles. The minimum absolute atomic E-state index is 0.367. The van der Waals surface area contributed by atoms with E-state index in [1.165, 1.54) is 24.8 Å². The van der Waals surface area contributed by atoms with Crippen molar-refractivity contribution in [2.45, 2.75) is 73.1 Å². The normalized spacial score (nSPS) is 10.9. The van der Waals surface area contributed by atoms with Crippen molar-refractivity contribution in [1.29, 1.82) is 0 Å². The maximum Gasteiger partial charge on any atom is 0.222 e. The third-order valence-electron chi connectivity index (χ3n) is 4.93. The van der Waals surface area contributed by atoms with E-state index in [4.69, 9.17) is 9.72 Å². The summed E-state index contributed by atoms with van der Waals surface area (Å²) in [5.74, 6) is 1.01. The number of ether oxygens (including phenoxy) is 1. The van der Waals surface area contributed by atoms with E-state index in [0.29, 0.717) is 11.8 Å². The maximum atomic E-state index is 5.55. The quantitative estimate of drug-likeness (QED) is 0.509. The summed E-state index contributed by atoms with van der Waals surface area (Å²) < 4.78 is 5.55. The van der Waals surface area contributed by atoms with Crippen molar-refractivity contribution in [1.82, 2.24) is 15.0 Å². The van der Waals surface area contributed by atoms with E-state index in [0.717, 1.165) is 40.0 Å². The van der Waals surface area contributed by atoms with Gasteiger partial charge in [-0.1, -0.05) is 53.9 Å². The Morgan fingerprint density at radius 1 is 1.07 bits per heavy atom. The fourth-order valence-electron chi connectivity index (χ4n) is 3.19. The molecular formula is C24H35N3O. The second-order valence-corrected chi connectivity index (χ2v) is 7.52. The van der Waals surface area contributed by atoms with E-state index in [1.807, 2.05) is 6.20 Å². The van der Waals surface area contributed by atoms with Crippen LogP contribution in [0.4, 0.5) is 0 Å². The molecule has 0 aliphatic heterocycles. The van der Waals surface area contributed by atoms with Gasteiger partial charge in [0.2, 0.25) is 5.88 Å². The van der Waals surface area contributed by atoms with Crippen LogP contribution < -0.4 is 4.74 Å². The van der Waals surface area contributed by atoms with E-state index in [9.17, 15) is 0 Å². The Kier molecular flexibility index (Phi) is 8.04. The van der Waals surface area contributed by atoms with Crippen molar-refractivity contribution in [3.8, 4) is 17.1 Å². The first-order valence-electron chi connectivity index (χ1n) is 10.5. The molecule has 0 atom stereocenters. The van der Waals surface area contributed by atoms with Gasteiger partial charge in [-0.15, -0.1) is 0 Å². The Bertz CT molecular complexity index is 894. The molecule has 152 valence electrons. The number of H-pyrrole nitrogens is 1. The molecule has 0 aliphatic rings. The number of methoxy groups -OCH3 is 1. The molecule has 0 saturated heterocycles. The number of pyridine rings is 2. The summed E-state index contributed by atoms with van der Waals surface area (Å²) in [7, 11) is 1.67. The van der Waals surface area contributed by atoms with Gasteiger partial charge in [0.15, 0.2) is 0 Å². The number of aryl methyl sites for hydroxylation is 2. The van der Waals surface area contributed by atoms with Crippen LogP contribution in [-0.2, 0) is 6.42 Å². The van der Waals surface area contributed by atoms with Crippen LogP contribution in [-0.4, -0.2) is 22.1 Å². The van der Waals surface area contributed by atoms with Crippen LogP contribution in [0.15, 0.2) is 24.4 Å². The van der Waals surface area contributed by atoms with Gasteiger partial charge >= 0.3 is 0 Å². The van der Waals surface area contributed by atoms with Crippen LogP contribution >= 0.6 is 0 Å². The predicted octanol–water partition coefficient (Wildman–Crippen LogP) is 6.82. The molecule has 4 heteroatoms. The van der Waals surface area contributed by atoms with Crippen LogP contribution in [0.25, 0.3) is 22.3 Å². The monoisotopic (exact) mass is 381 g/mol. The second-order valence-electron chi connectivity index (χ2n) is 7.52. The maximum absolute atomic E-state index is 5.55. The Hall–Kier alpha value is -2.36. The SMILES string of the molecule is CCCCC.CCc1cc2[nH]cc(C)c2nc1-c1ccc(C(C)C)nc1OC. The minimum atomic E-state index is 0.367. The summed E-state index contributed by atoms with van der Waals surface area (Å²) in [6.45, 7) is 12.9. The molecule has 0 aromatic carbocycles. The third kappa shape index (κ3) is 4.92. The van der Waals surface area contributed by atoms with E-state index in [1.54, 1.807) is 7.11 Å². The first-order chi connectivity index (χ1) is 13.5. The molecule has 0 fully saturated rings. The fourth-order valence-corrected chi connectivity index (χ4v) is 3.19. The lowest BCUT2D eigenvalue weighted by Gasteiger charge is -2.13. The fraction of sp³-hybridized carbons (Fsp3) is 0.500. The number of hydrogen-bond acceptors (Lipinski definition) is 3. The Morgan fingerprint density at radius 2 is 1.79 bits per heavy atom. The molecule has 1 N–H and O–H groups in total. The molecule has 3 heterocycles. The molecule has 0 radical (unpaired) electrons. The van der Waals surface area contributed by atoms with Gasteiger partial charge in [-0.2, -0.15) is 0 Å². The number of nitrogens with one attached hydrogen (secondary N) is 1. The molecule has 28 heavy (non-hydrogen) atoms. The van der Waals surface area contributed by atoms with Crippen LogP contribution in [0, 0.1) is 6.92 Å². The topological polar surface area (TPSA) is 50.8 Å². The zero-order chi connectivity index (χ0) is 20.7. The molecule has 4 nitrogen and oxygen atoms in total. The minimum Gasteiger partial charge on any atom is -0.480 e. The molecule has 0 bridgehead atoms. The van der Waals surface area contributed by atoms with Crippen LogP contribution in [0.5, 0.6) is 5.88 Å². The van der Waals surface area contributed by atoms with E-state index in [2.05, 4.69) is 69.7 Å². The number of unbranched alkanes of at least 4 members (excludes halogenated alkanes) is 2. The summed E-state index contributed by atoms with van der Waals surface area (Å²) in [5, 5.41) is 0. The lowest BCUT2D eigenvalue weighted by molar-refractivity contribution is 0.397. The molecule has 0 amide bonds. The van der Waals surface area contributed by atoms with Crippen LogP contribution in [0.2, 0.25) is 0 Å². The lowest BCUT2D eigenvalue weighted by Crippen LogP contribution is -2.01. The number of hydrogen-bond donors (Lipinski definition) is 1. The molecule has 0 unspecified atom stereocenters. The van der Waals surface area contributed by atoms with Gasteiger partial charge in [0, 0.05) is 11.9 Å². The molecular weight excluding hydrogens is 346 g/mol. The van der Waals surface area contributed by atoms with Crippen LogP contribution in [0.1, 0.15) is 76.6 Å². The zero-order valence-electron chi connectivity index (χ0n) is 18.5. The van der Waals surface area contributed by atoms with Gasteiger partial charge in [-0.3, -0.25) is 0 Å². The largest absolute Gasteiger partial charge is 0.480 e. The van der Waals surface area contributed by atoms with Crippen molar-refractivity contribution < 1.29 is 4.74 Å². The smallest absolute Gasteiger partial charge is 0.222 e. The summed E-state index contributed by atoms with van der Waals surface area (Å²) in [6, 6.07) is 6.33. The van der Waals surface area contributed by atoms with Crippen molar-refractivity contribution in [3.05, 3.63) is 41.2 Å². The average molecular weight is 382 g/mol. The lowest BCUT2D eigenvalue weighted by atomic mass is 10.0. The van der Waals surface area contributed by atoms with Gasteiger partial charge in [-0.25, -0.2) is 9.97 Å². The van der Waals surface area contributed by atoms with Gasteiger partial charge in [-0.05, 0) is 48.6 Å². The highest BCUT2D eigenvalue weighted by Gasteiger charge is 2.16. The highest BCUT2D eigenvalue weighted by Crippen LogP contribution is 2.33. The van der Waals surface area contributed by atoms with E-state index in [-0.39, 0.29) is 0 Å². The van der Waals surface area contributed by atoms with Gasteiger partial charge in [0.25, 0.3) is 0 Å². The predicted molar refractivity (Wildman–Crippen MR) is 119 cm³/mol. The van der Waals surface area contributed by atoms with Gasteiger partial charge in [0.1, 0.15) is 0 Å². The summed E-state index contributed by atoms with van der Waals surface area (Å²) in [6.07, 6.45) is 6.98. The number of aromatic nitrogens is 3. The summed E-state index contributed by atoms with van der Waals surface area (Å²) >= 11 is 0. The molecule has 0 aliphatic carbocycles. The molecule has 3 aromatic rings. The first-order valence-corrected chi connectivity index (χ1v) is 10.5. The highest BCUT2D eigenvalue weighted by molar-refractivity contribution is 5.84. The first kappa shape index (κ1) is 21.9. The Balaban J connectivity index is 0.000000500. The van der Waals surface area contributed by atoms with Crippen LogP contribution in [0.3, 0.4) is 0 Å². The Labute approximate surface area is 169 Å². The van der Waals surface area contributed by atoms with E-state index >= 15 is 0 Å². The molecule has 3 aromatic heterocycles. The summed E-state index contributed by atoms with van der Waals surface area (Å²) in [5.41, 5.74) is 7.37. The van der Waals surface area contributed by atoms with E-state index < -0.39 is 0 Å². The number of rotatable bonds is 6. The van der Waals surface area contributed by atoms with Crippen molar-refractivity contribution in [2.24, 2.45) is 0 Å². The zero-order valence-corrected chi connectivity index (χ0v) is 18.5. The number of nitrogens with zero attached hydrogens (tertiary/aromatic N) is 2.